The van der Waals surface area contributed by atoms with Gasteiger partial charge in [-0.25, -0.2) is 4.79 Å². The molecule has 108 valence electrons. The Morgan fingerprint density at radius 2 is 1.95 bits per heavy atom. The number of hydrogen-bond acceptors (Lipinski definition) is 3. The van der Waals surface area contributed by atoms with Gasteiger partial charge in [-0.2, -0.15) is 0 Å². The summed E-state index contributed by atoms with van der Waals surface area (Å²) in [6.07, 6.45) is 1.81. The van der Waals surface area contributed by atoms with Gasteiger partial charge in [-0.05, 0) is 18.4 Å². The Hall–Kier alpha value is -2.08. The lowest BCUT2D eigenvalue weighted by molar-refractivity contribution is -0.123. The number of rotatable bonds is 6. The fourth-order valence-corrected chi connectivity index (χ4v) is 2.03. The van der Waals surface area contributed by atoms with Crippen LogP contribution in [0.25, 0.3) is 0 Å². The lowest BCUT2D eigenvalue weighted by Crippen LogP contribution is -2.44. The number of amides is 3. The molecule has 20 heavy (non-hydrogen) atoms. The van der Waals surface area contributed by atoms with Crippen LogP contribution in [0.5, 0.6) is 0 Å². The van der Waals surface area contributed by atoms with Gasteiger partial charge in [0.25, 0.3) is 0 Å². The van der Waals surface area contributed by atoms with Crippen LogP contribution in [0.3, 0.4) is 0 Å². The molecule has 1 aromatic carbocycles. The number of carbonyl (C=O) groups excluding carboxylic acids is 2. The highest BCUT2D eigenvalue weighted by Crippen LogP contribution is 2.44. The number of hydrogen-bond donors (Lipinski definition) is 4. The van der Waals surface area contributed by atoms with Crippen molar-refractivity contribution in [2.45, 2.75) is 18.9 Å². The highest BCUT2D eigenvalue weighted by Gasteiger charge is 2.42. The smallest absolute Gasteiger partial charge is 0.313 e. The summed E-state index contributed by atoms with van der Waals surface area (Å²) < 4.78 is 0. The van der Waals surface area contributed by atoms with Gasteiger partial charge in [-0.1, -0.05) is 30.3 Å². The predicted molar refractivity (Wildman–Crippen MR) is 73.7 cm³/mol. The number of urea groups is 1. The van der Waals surface area contributed by atoms with Gasteiger partial charge in [0, 0.05) is 12.0 Å². The molecule has 0 heterocycles. The molecule has 0 aromatic heterocycles. The van der Waals surface area contributed by atoms with Crippen LogP contribution in [-0.4, -0.2) is 30.2 Å². The number of benzene rings is 1. The topological polar surface area (TPSA) is 104 Å². The van der Waals surface area contributed by atoms with E-state index < -0.39 is 12.1 Å². The Morgan fingerprint density at radius 3 is 2.45 bits per heavy atom. The van der Waals surface area contributed by atoms with Crippen molar-refractivity contribution >= 4 is 11.9 Å². The second kappa shape index (κ2) is 5.92. The van der Waals surface area contributed by atoms with Crippen LogP contribution < -0.4 is 16.4 Å². The van der Waals surface area contributed by atoms with Crippen molar-refractivity contribution in [2.75, 3.05) is 13.2 Å². The zero-order chi connectivity index (χ0) is 14.6. The second-order valence-corrected chi connectivity index (χ2v) is 5.23. The summed E-state index contributed by atoms with van der Waals surface area (Å²) in [5.41, 5.74) is 5.61. The molecule has 0 spiro atoms. The molecule has 1 saturated carbocycles. The SMILES string of the molecule is NC(=O)NC(C(=O)NCC1(CO)CC1)c1ccccc1. The molecule has 0 bridgehead atoms. The van der Waals surface area contributed by atoms with E-state index in [4.69, 9.17) is 5.73 Å². The number of aliphatic hydroxyl groups excluding tert-OH is 1. The highest BCUT2D eigenvalue weighted by molar-refractivity contribution is 5.87. The van der Waals surface area contributed by atoms with Crippen molar-refractivity contribution in [2.24, 2.45) is 11.1 Å². The zero-order valence-corrected chi connectivity index (χ0v) is 11.1. The monoisotopic (exact) mass is 277 g/mol. The van der Waals surface area contributed by atoms with E-state index in [0.717, 1.165) is 12.8 Å². The third-order valence-corrected chi connectivity index (χ3v) is 3.61. The predicted octanol–water partition coefficient (Wildman–Crippen LogP) is 0.285. The van der Waals surface area contributed by atoms with Crippen LogP contribution in [0.4, 0.5) is 4.79 Å². The number of aliphatic hydroxyl groups is 1. The molecule has 1 aromatic rings. The summed E-state index contributed by atoms with van der Waals surface area (Å²) in [4.78, 5) is 23.3. The first-order valence-electron chi connectivity index (χ1n) is 6.56. The normalized spacial score (nSPS) is 17.1. The van der Waals surface area contributed by atoms with E-state index in [2.05, 4.69) is 10.6 Å². The first-order valence-corrected chi connectivity index (χ1v) is 6.56. The van der Waals surface area contributed by atoms with E-state index in [0.29, 0.717) is 12.1 Å². The average molecular weight is 277 g/mol. The Kier molecular flexibility index (Phi) is 4.24. The van der Waals surface area contributed by atoms with E-state index in [-0.39, 0.29) is 17.9 Å². The van der Waals surface area contributed by atoms with E-state index in [1.807, 2.05) is 6.07 Å². The molecule has 1 atom stereocenters. The quantitative estimate of drug-likeness (QED) is 0.600. The van der Waals surface area contributed by atoms with Crippen LogP contribution >= 0.6 is 0 Å². The van der Waals surface area contributed by atoms with Crippen LogP contribution in [-0.2, 0) is 4.79 Å². The van der Waals surface area contributed by atoms with Crippen LogP contribution in [0.2, 0.25) is 0 Å². The number of primary amides is 1. The van der Waals surface area contributed by atoms with Gasteiger partial charge in [0.05, 0.1) is 6.61 Å². The fraction of sp³-hybridized carbons (Fsp3) is 0.429. The largest absolute Gasteiger partial charge is 0.396 e. The van der Waals surface area contributed by atoms with Crippen molar-refractivity contribution in [3.05, 3.63) is 35.9 Å². The molecule has 1 aliphatic carbocycles. The summed E-state index contributed by atoms with van der Waals surface area (Å²) >= 11 is 0. The van der Waals surface area contributed by atoms with Crippen LogP contribution in [0.1, 0.15) is 24.4 Å². The summed E-state index contributed by atoms with van der Waals surface area (Å²) in [6, 6.07) is 7.33. The highest BCUT2D eigenvalue weighted by atomic mass is 16.3. The molecule has 1 aliphatic rings. The number of nitrogens with one attached hydrogen (secondary N) is 2. The Bertz CT molecular complexity index is 486. The molecule has 3 amide bonds. The molecule has 1 unspecified atom stereocenters. The maximum absolute atomic E-state index is 12.2. The van der Waals surface area contributed by atoms with Gasteiger partial charge >= 0.3 is 6.03 Å². The maximum atomic E-state index is 12.2. The van der Waals surface area contributed by atoms with E-state index in [1.165, 1.54) is 0 Å². The maximum Gasteiger partial charge on any atom is 0.313 e. The van der Waals surface area contributed by atoms with Crippen LogP contribution in [0, 0.1) is 5.41 Å². The van der Waals surface area contributed by atoms with E-state index in [1.54, 1.807) is 24.3 Å². The average Bonchev–Trinajstić information content (AvgIpc) is 3.24. The second-order valence-electron chi connectivity index (χ2n) is 5.23. The molecule has 1 fully saturated rings. The Morgan fingerprint density at radius 1 is 1.30 bits per heavy atom. The minimum absolute atomic E-state index is 0.0620. The lowest BCUT2D eigenvalue weighted by atomic mass is 10.1. The zero-order valence-electron chi connectivity index (χ0n) is 11.1. The van der Waals surface area contributed by atoms with Gasteiger partial charge in [-0.15, -0.1) is 0 Å². The standard InChI is InChI=1S/C14H19N3O3/c15-13(20)17-11(10-4-2-1-3-5-10)12(19)16-8-14(9-18)6-7-14/h1-5,11,18H,6-9H2,(H,16,19)(H3,15,17,20). The van der Waals surface area contributed by atoms with Crippen molar-refractivity contribution in [3.63, 3.8) is 0 Å². The molecule has 0 saturated heterocycles. The first kappa shape index (κ1) is 14.3. The van der Waals surface area contributed by atoms with Crippen molar-refractivity contribution in [3.8, 4) is 0 Å². The molecule has 2 rings (SSSR count). The third-order valence-electron chi connectivity index (χ3n) is 3.61. The van der Waals surface area contributed by atoms with Gasteiger partial charge < -0.3 is 21.5 Å². The van der Waals surface area contributed by atoms with Gasteiger partial charge in [-0.3, -0.25) is 4.79 Å². The molecular formula is C14H19N3O3. The lowest BCUT2D eigenvalue weighted by Gasteiger charge is -2.19. The molecule has 5 N–H and O–H groups in total. The summed E-state index contributed by atoms with van der Waals surface area (Å²) in [5.74, 6) is -0.324. The molecule has 0 radical (unpaired) electrons. The van der Waals surface area contributed by atoms with E-state index in [9.17, 15) is 14.7 Å². The van der Waals surface area contributed by atoms with Gasteiger partial charge in [0.15, 0.2) is 0 Å². The van der Waals surface area contributed by atoms with Gasteiger partial charge in [0.2, 0.25) is 5.91 Å². The third kappa shape index (κ3) is 3.48. The minimum atomic E-state index is -0.816. The van der Waals surface area contributed by atoms with Crippen LogP contribution in [0.15, 0.2) is 30.3 Å². The van der Waals surface area contributed by atoms with Gasteiger partial charge in [0.1, 0.15) is 6.04 Å². The molecular weight excluding hydrogens is 258 g/mol. The molecule has 6 heteroatoms. The fourth-order valence-electron chi connectivity index (χ4n) is 2.03. The summed E-state index contributed by atoms with van der Waals surface area (Å²) in [6.45, 7) is 0.471. The van der Waals surface area contributed by atoms with Crippen molar-refractivity contribution in [1.29, 1.82) is 0 Å². The number of carbonyl (C=O) groups is 2. The molecule has 6 nitrogen and oxygen atoms in total. The summed E-state index contributed by atoms with van der Waals surface area (Å²) in [5, 5.41) is 14.4. The first-order chi connectivity index (χ1) is 9.56. The van der Waals surface area contributed by atoms with Crippen molar-refractivity contribution in [1.82, 2.24) is 10.6 Å². The van der Waals surface area contributed by atoms with E-state index >= 15 is 0 Å². The Labute approximate surface area is 117 Å². The molecule has 0 aliphatic heterocycles. The van der Waals surface area contributed by atoms with Crippen molar-refractivity contribution < 1.29 is 14.7 Å². The number of nitrogens with two attached hydrogens (primary N) is 1. The minimum Gasteiger partial charge on any atom is -0.396 e. The summed E-state index contributed by atoms with van der Waals surface area (Å²) in [7, 11) is 0. The Balaban J connectivity index is 2.02.